The number of allylic oxidation sites excluding steroid dienone is 6. The van der Waals surface area contributed by atoms with E-state index in [9.17, 15) is 19.4 Å². The molecule has 0 saturated carbocycles. The number of rotatable bonds is 50. The monoisotopic (exact) mass is 899 g/mol. The Labute approximate surface area is 382 Å². The fourth-order valence-corrected chi connectivity index (χ4v) is 8.15. The molecule has 366 valence electrons. The van der Waals surface area contributed by atoms with Gasteiger partial charge < -0.3 is 24.6 Å². The number of ether oxygens (including phenoxy) is 2. The molecule has 0 spiro atoms. The van der Waals surface area contributed by atoms with Gasteiger partial charge in [0.1, 0.15) is 12.2 Å². The Morgan fingerprint density at radius 3 is 1.31 bits per heavy atom. The van der Waals surface area contributed by atoms with Gasteiger partial charge in [-0.05, 0) is 51.4 Å². The van der Waals surface area contributed by atoms with Crippen molar-refractivity contribution in [2.24, 2.45) is 0 Å². The van der Waals surface area contributed by atoms with Crippen LogP contribution in [0.5, 0.6) is 0 Å². The van der Waals surface area contributed by atoms with Crippen molar-refractivity contribution in [2.45, 2.75) is 257 Å². The third kappa shape index (κ3) is 48.1. The fraction of sp³-hybridized carbons (Fsp3) is 0.865. The summed E-state index contributed by atoms with van der Waals surface area (Å²) in [5.41, 5.74) is 0. The molecule has 0 aromatic heterocycles. The quantitative estimate of drug-likeness (QED) is 0.0236. The summed E-state index contributed by atoms with van der Waals surface area (Å²) in [4.78, 5) is 22.7. The van der Waals surface area contributed by atoms with E-state index < -0.39 is 33.2 Å². The maximum absolute atomic E-state index is 12.7. The number of phosphoric acid groups is 1. The molecular weight excluding hydrogens is 800 g/mol. The second-order valence-electron chi connectivity index (χ2n) is 17.5. The van der Waals surface area contributed by atoms with E-state index in [-0.39, 0.29) is 25.6 Å². The molecule has 0 aliphatic heterocycles. The number of aliphatic hydroxyl groups excluding tert-OH is 2. The molecule has 0 rings (SSSR count). The number of carbonyl (C=O) groups is 1. The molecule has 3 N–H and O–H groups in total. The van der Waals surface area contributed by atoms with E-state index in [2.05, 4.69) is 50.3 Å². The number of hydrogen-bond donors (Lipinski definition) is 3. The second kappa shape index (κ2) is 49.1. The average molecular weight is 899 g/mol. The first-order valence-corrected chi connectivity index (χ1v) is 27.5. The maximum Gasteiger partial charge on any atom is 0.472 e. The van der Waals surface area contributed by atoms with E-state index in [1.807, 2.05) is 0 Å². The lowest BCUT2D eigenvalue weighted by Gasteiger charge is -2.20. The van der Waals surface area contributed by atoms with Crippen LogP contribution in [0, 0.1) is 0 Å². The third-order valence-electron chi connectivity index (χ3n) is 11.3. The summed E-state index contributed by atoms with van der Waals surface area (Å²) in [6.45, 7) is 3.54. The van der Waals surface area contributed by atoms with Crippen LogP contribution in [0.2, 0.25) is 0 Å². The number of carbonyl (C=O) groups excluding carboxylic acids is 1. The summed E-state index contributed by atoms with van der Waals surface area (Å²) in [7, 11) is -4.52. The molecule has 0 heterocycles. The summed E-state index contributed by atoms with van der Waals surface area (Å²) in [6, 6.07) is 0. The molecule has 0 aromatic rings. The van der Waals surface area contributed by atoms with E-state index >= 15 is 0 Å². The summed E-state index contributed by atoms with van der Waals surface area (Å²) in [5.74, 6) is -0.380. The fourth-order valence-electron chi connectivity index (χ4n) is 7.36. The third-order valence-corrected chi connectivity index (χ3v) is 12.3. The molecule has 0 aliphatic rings. The van der Waals surface area contributed by atoms with Crippen LogP contribution in [0.4, 0.5) is 0 Å². The highest BCUT2D eigenvalue weighted by molar-refractivity contribution is 7.47. The smallest absolute Gasteiger partial charge is 0.457 e. The van der Waals surface area contributed by atoms with Gasteiger partial charge in [0.15, 0.2) is 0 Å². The Hall–Kier alpha value is -1.32. The molecule has 9 nitrogen and oxygen atoms in total. The highest BCUT2D eigenvalue weighted by Gasteiger charge is 2.26. The van der Waals surface area contributed by atoms with Gasteiger partial charge >= 0.3 is 13.8 Å². The first-order valence-electron chi connectivity index (χ1n) is 26.0. The van der Waals surface area contributed by atoms with Crippen LogP contribution in [0.25, 0.3) is 0 Å². The molecule has 0 amide bonds. The van der Waals surface area contributed by atoms with E-state index in [4.69, 9.17) is 23.6 Å². The SMILES string of the molecule is CCCCCCC/C=C\C/C=C\C/C=C\CCCCCCCCCCCOCC(COP(=O)(O)OCC(O)CO)OC(=O)CCCCCCCCCCCCCCCCCCC. The number of esters is 1. The number of hydrogen-bond acceptors (Lipinski definition) is 8. The van der Waals surface area contributed by atoms with Gasteiger partial charge in [-0.15, -0.1) is 0 Å². The lowest BCUT2D eigenvalue weighted by atomic mass is 10.0. The molecular formula is C52H99O9P. The zero-order valence-electron chi connectivity index (χ0n) is 40.3. The van der Waals surface area contributed by atoms with Gasteiger partial charge in [0.25, 0.3) is 0 Å². The van der Waals surface area contributed by atoms with Crippen molar-refractivity contribution in [2.75, 3.05) is 33.0 Å². The summed E-state index contributed by atoms with van der Waals surface area (Å²) in [6.07, 6.45) is 55.4. The average Bonchev–Trinajstić information content (AvgIpc) is 3.26. The lowest BCUT2D eigenvalue weighted by molar-refractivity contribution is -0.154. The highest BCUT2D eigenvalue weighted by atomic mass is 31.2. The summed E-state index contributed by atoms with van der Waals surface area (Å²) < 4.78 is 33.5. The molecule has 10 heteroatoms. The zero-order chi connectivity index (χ0) is 45.3. The number of phosphoric ester groups is 1. The van der Waals surface area contributed by atoms with Gasteiger partial charge in [-0.1, -0.05) is 224 Å². The van der Waals surface area contributed by atoms with Crippen molar-refractivity contribution < 1.29 is 43.0 Å². The number of unbranched alkanes of at least 4 members (excludes halogenated alkanes) is 30. The van der Waals surface area contributed by atoms with Gasteiger partial charge in [0.2, 0.25) is 0 Å². The van der Waals surface area contributed by atoms with Gasteiger partial charge in [0.05, 0.1) is 26.4 Å². The minimum Gasteiger partial charge on any atom is -0.457 e. The van der Waals surface area contributed by atoms with Crippen molar-refractivity contribution in [3.05, 3.63) is 36.5 Å². The predicted octanol–water partition coefficient (Wildman–Crippen LogP) is 15.2. The highest BCUT2D eigenvalue weighted by Crippen LogP contribution is 2.43. The maximum atomic E-state index is 12.7. The van der Waals surface area contributed by atoms with Crippen molar-refractivity contribution in [3.8, 4) is 0 Å². The number of aliphatic hydroxyl groups is 2. The van der Waals surface area contributed by atoms with Crippen molar-refractivity contribution in [1.29, 1.82) is 0 Å². The van der Waals surface area contributed by atoms with E-state index in [1.54, 1.807) is 0 Å². The minimum atomic E-state index is -4.52. The standard InChI is InChI=1S/C52H99O9P/c1-3-5-7-9-11-13-15-17-19-21-22-23-24-25-26-27-29-31-33-35-37-39-41-43-45-58-48-51(49-60-62(56,57)59-47-50(54)46-53)61-52(55)44-42-40-38-36-34-32-30-28-20-18-16-14-12-10-8-6-4-2/h15,17,21-22,24-25,50-51,53-54H,3-14,16,18-20,23,26-49H2,1-2H3,(H,56,57)/b17-15-,22-21-,25-24-. The largest absolute Gasteiger partial charge is 0.472 e. The van der Waals surface area contributed by atoms with Gasteiger partial charge in [-0.2, -0.15) is 0 Å². The van der Waals surface area contributed by atoms with Crippen molar-refractivity contribution >= 4 is 13.8 Å². The van der Waals surface area contributed by atoms with Crippen molar-refractivity contribution in [3.63, 3.8) is 0 Å². The zero-order valence-corrected chi connectivity index (χ0v) is 41.2. The minimum absolute atomic E-state index is 0.0485. The molecule has 3 atom stereocenters. The van der Waals surface area contributed by atoms with E-state index in [0.717, 1.165) is 51.4 Å². The first-order chi connectivity index (χ1) is 30.3. The topological polar surface area (TPSA) is 132 Å². The Kier molecular flexibility index (Phi) is 48.1. The van der Waals surface area contributed by atoms with Crippen LogP contribution in [0.15, 0.2) is 36.5 Å². The molecule has 0 fully saturated rings. The normalized spacial score (nSPS) is 14.1. The molecule has 0 bridgehead atoms. The molecule has 0 radical (unpaired) electrons. The second-order valence-corrected chi connectivity index (χ2v) is 19.0. The summed E-state index contributed by atoms with van der Waals surface area (Å²) >= 11 is 0. The van der Waals surface area contributed by atoms with Crippen LogP contribution in [-0.4, -0.2) is 66.3 Å². The van der Waals surface area contributed by atoms with Crippen LogP contribution < -0.4 is 0 Å². The molecule has 0 aliphatic carbocycles. The molecule has 0 aromatic carbocycles. The Morgan fingerprint density at radius 1 is 0.500 bits per heavy atom. The van der Waals surface area contributed by atoms with Gasteiger partial charge in [0, 0.05) is 13.0 Å². The predicted molar refractivity (Wildman–Crippen MR) is 261 cm³/mol. The van der Waals surface area contributed by atoms with Crippen LogP contribution in [0.1, 0.15) is 245 Å². The Balaban J connectivity index is 4.05. The van der Waals surface area contributed by atoms with Crippen LogP contribution in [-0.2, 0) is 27.9 Å². The Morgan fingerprint density at radius 2 is 0.871 bits per heavy atom. The molecule has 0 saturated heterocycles. The van der Waals surface area contributed by atoms with E-state index in [1.165, 1.54) is 173 Å². The van der Waals surface area contributed by atoms with Gasteiger partial charge in [-0.25, -0.2) is 4.57 Å². The lowest BCUT2D eigenvalue weighted by Crippen LogP contribution is -2.29. The van der Waals surface area contributed by atoms with Gasteiger partial charge in [-0.3, -0.25) is 13.8 Å². The van der Waals surface area contributed by atoms with Crippen LogP contribution in [0.3, 0.4) is 0 Å². The Bertz CT molecular complexity index is 1060. The van der Waals surface area contributed by atoms with Crippen molar-refractivity contribution in [1.82, 2.24) is 0 Å². The van der Waals surface area contributed by atoms with E-state index in [0.29, 0.717) is 6.61 Å². The molecule has 3 unspecified atom stereocenters. The van der Waals surface area contributed by atoms with Crippen LogP contribution >= 0.6 is 7.82 Å². The summed E-state index contributed by atoms with van der Waals surface area (Å²) in [5, 5.41) is 18.4. The first kappa shape index (κ1) is 60.7. The molecule has 62 heavy (non-hydrogen) atoms.